The van der Waals surface area contributed by atoms with Gasteiger partial charge in [0.15, 0.2) is 0 Å². The maximum atomic E-state index is 13.2. The summed E-state index contributed by atoms with van der Waals surface area (Å²) in [6, 6.07) is 10.4. The van der Waals surface area contributed by atoms with Gasteiger partial charge in [0.2, 0.25) is 0 Å². The Bertz CT molecular complexity index is 520. The summed E-state index contributed by atoms with van der Waals surface area (Å²) in [5, 5.41) is 0.410. The fourth-order valence-corrected chi connectivity index (χ4v) is 1.80. The summed E-state index contributed by atoms with van der Waals surface area (Å²) < 4.78 is 13.2. The highest BCUT2D eigenvalue weighted by Crippen LogP contribution is 2.30. The zero-order valence-electron chi connectivity index (χ0n) is 8.80. The van der Waals surface area contributed by atoms with Crippen molar-refractivity contribution in [3.63, 3.8) is 0 Å². The van der Waals surface area contributed by atoms with Crippen LogP contribution in [0.4, 0.5) is 10.1 Å². The quantitative estimate of drug-likeness (QED) is 0.742. The molecule has 0 unspecified atom stereocenters. The van der Waals surface area contributed by atoms with Gasteiger partial charge in [-0.05, 0) is 42.3 Å². The molecule has 0 saturated heterocycles. The maximum Gasteiger partial charge on any atom is 0.127 e. The van der Waals surface area contributed by atoms with Gasteiger partial charge < -0.3 is 5.73 Å². The van der Waals surface area contributed by atoms with E-state index in [4.69, 9.17) is 17.3 Å². The Morgan fingerprint density at radius 1 is 1.12 bits per heavy atom. The first-order valence-corrected chi connectivity index (χ1v) is 5.27. The molecule has 0 fully saturated rings. The van der Waals surface area contributed by atoms with Crippen LogP contribution in [0.3, 0.4) is 0 Å². The second-order valence-corrected chi connectivity index (χ2v) is 4.11. The van der Waals surface area contributed by atoms with E-state index < -0.39 is 0 Å². The normalized spacial score (nSPS) is 10.4. The third-order valence-corrected chi connectivity index (χ3v) is 2.78. The molecule has 0 spiro atoms. The highest BCUT2D eigenvalue weighted by molar-refractivity contribution is 6.33. The minimum Gasteiger partial charge on any atom is -0.399 e. The molecular weight excluding hydrogens is 225 g/mol. The summed E-state index contributed by atoms with van der Waals surface area (Å²) >= 11 is 6.00. The number of nitrogen functional groups attached to an aromatic ring is 1. The van der Waals surface area contributed by atoms with E-state index in [9.17, 15) is 4.39 Å². The van der Waals surface area contributed by atoms with Crippen molar-refractivity contribution >= 4 is 17.3 Å². The van der Waals surface area contributed by atoms with E-state index in [1.807, 2.05) is 12.1 Å². The predicted molar refractivity (Wildman–Crippen MR) is 66.0 cm³/mol. The van der Waals surface area contributed by atoms with E-state index in [1.54, 1.807) is 25.1 Å². The number of anilines is 1. The van der Waals surface area contributed by atoms with Crippen LogP contribution >= 0.6 is 11.6 Å². The standard InChI is InChI=1S/C13H11ClFN/c1-8-6-11(12(14)7-13(8)15)9-2-4-10(16)5-3-9/h2-7H,16H2,1H3. The summed E-state index contributed by atoms with van der Waals surface area (Å²) in [6.07, 6.45) is 0. The van der Waals surface area contributed by atoms with E-state index in [-0.39, 0.29) is 5.82 Å². The molecule has 0 radical (unpaired) electrons. The van der Waals surface area contributed by atoms with Crippen LogP contribution in [0.2, 0.25) is 5.02 Å². The number of benzene rings is 2. The molecule has 0 aliphatic carbocycles. The van der Waals surface area contributed by atoms with E-state index in [0.717, 1.165) is 11.1 Å². The van der Waals surface area contributed by atoms with Crippen LogP contribution in [0.5, 0.6) is 0 Å². The van der Waals surface area contributed by atoms with Gasteiger partial charge in [0.05, 0.1) is 5.02 Å². The van der Waals surface area contributed by atoms with Gasteiger partial charge in [-0.15, -0.1) is 0 Å². The molecule has 0 aliphatic rings. The molecule has 2 aromatic rings. The van der Waals surface area contributed by atoms with Gasteiger partial charge in [0, 0.05) is 11.3 Å². The van der Waals surface area contributed by atoms with Crippen molar-refractivity contribution < 1.29 is 4.39 Å². The van der Waals surface area contributed by atoms with Gasteiger partial charge in [-0.1, -0.05) is 23.7 Å². The Hall–Kier alpha value is -1.54. The lowest BCUT2D eigenvalue weighted by Crippen LogP contribution is -1.88. The highest BCUT2D eigenvalue weighted by atomic mass is 35.5. The number of rotatable bonds is 1. The van der Waals surface area contributed by atoms with E-state index >= 15 is 0 Å². The molecule has 0 amide bonds. The lowest BCUT2D eigenvalue weighted by Gasteiger charge is -2.07. The molecule has 0 bridgehead atoms. The van der Waals surface area contributed by atoms with Gasteiger partial charge >= 0.3 is 0 Å². The molecule has 2 N–H and O–H groups in total. The third kappa shape index (κ3) is 2.02. The second kappa shape index (κ2) is 4.14. The summed E-state index contributed by atoms with van der Waals surface area (Å²) in [4.78, 5) is 0. The maximum absolute atomic E-state index is 13.2. The van der Waals surface area contributed by atoms with Crippen molar-refractivity contribution in [1.29, 1.82) is 0 Å². The molecule has 1 nitrogen and oxygen atoms in total. The van der Waals surface area contributed by atoms with Gasteiger partial charge in [-0.25, -0.2) is 4.39 Å². The summed E-state index contributed by atoms with van der Waals surface area (Å²) in [7, 11) is 0. The van der Waals surface area contributed by atoms with Crippen LogP contribution in [0.25, 0.3) is 11.1 Å². The minimum absolute atomic E-state index is 0.288. The SMILES string of the molecule is Cc1cc(-c2ccc(N)cc2)c(Cl)cc1F. The average Bonchev–Trinajstić information content (AvgIpc) is 2.25. The lowest BCUT2D eigenvalue weighted by atomic mass is 10.0. The predicted octanol–water partition coefficient (Wildman–Crippen LogP) is 4.04. The van der Waals surface area contributed by atoms with Crippen molar-refractivity contribution in [3.05, 3.63) is 52.8 Å². The number of hydrogen-bond donors (Lipinski definition) is 1. The van der Waals surface area contributed by atoms with Gasteiger partial charge in [-0.3, -0.25) is 0 Å². The fourth-order valence-electron chi connectivity index (χ4n) is 1.54. The number of aryl methyl sites for hydroxylation is 1. The molecule has 0 aromatic heterocycles. The second-order valence-electron chi connectivity index (χ2n) is 3.70. The zero-order valence-corrected chi connectivity index (χ0v) is 9.55. The third-order valence-electron chi connectivity index (χ3n) is 2.47. The Morgan fingerprint density at radius 3 is 2.38 bits per heavy atom. The number of nitrogens with two attached hydrogens (primary N) is 1. The van der Waals surface area contributed by atoms with Gasteiger partial charge in [0.25, 0.3) is 0 Å². The molecule has 0 saturated carbocycles. The molecule has 3 heteroatoms. The fraction of sp³-hybridized carbons (Fsp3) is 0.0769. The van der Waals surface area contributed by atoms with Gasteiger partial charge in [0.1, 0.15) is 5.82 Å². The van der Waals surface area contributed by atoms with Crippen LogP contribution in [0.1, 0.15) is 5.56 Å². The topological polar surface area (TPSA) is 26.0 Å². The van der Waals surface area contributed by atoms with Crippen LogP contribution in [-0.4, -0.2) is 0 Å². The van der Waals surface area contributed by atoms with Crippen molar-refractivity contribution in [1.82, 2.24) is 0 Å². The lowest BCUT2D eigenvalue weighted by molar-refractivity contribution is 0.619. The molecule has 0 heterocycles. The van der Waals surface area contributed by atoms with Crippen molar-refractivity contribution in [2.24, 2.45) is 0 Å². The molecular formula is C13H11ClFN. The molecule has 82 valence electrons. The van der Waals surface area contributed by atoms with E-state index in [2.05, 4.69) is 0 Å². The Labute approximate surface area is 98.7 Å². The van der Waals surface area contributed by atoms with E-state index in [1.165, 1.54) is 6.07 Å². The monoisotopic (exact) mass is 235 g/mol. The molecule has 16 heavy (non-hydrogen) atoms. The minimum atomic E-state index is -0.288. The van der Waals surface area contributed by atoms with Gasteiger partial charge in [-0.2, -0.15) is 0 Å². The van der Waals surface area contributed by atoms with Crippen LogP contribution in [-0.2, 0) is 0 Å². The number of hydrogen-bond acceptors (Lipinski definition) is 1. The zero-order chi connectivity index (χ0) is 11.7. The van der Waals surface area contributed by atoms with Crippen molar-refractivity contribution in [2.75, 3.05) is 5.73 Å². The Balaban J connectivity index is 2.56. The molecule has 2 aromatic carbocycles. The summed E-state index contributed by atoms with van der Waals surface area (Å²) in [5.74, 6) is -0.288. The average molecular weight is 236 g/mol. The van der Waals surface area contributed by atoms with Crippen LogP contribution in [0, 0.1) is 12.7 Å². The smallest absolute Gasteiger partial charge is 0.127 e. The number of halogens is 2. The Kier molecular flexibility index (Phi) is 2.84. The summed E-state index contributed by atoms with van der Waals surface area (Å²) in [6.45, 7) is 1.71. The first kappa shape index (κ1) is 11.0. The largest absolute Gasteiger partial charge is 0.399 e. The first-order valence-electron chi connectivity index (χ1n) is 4.89. The molecule has 0 aliphatic heterocycles. The highest BCUT2D eigenvalue weighted by Gasteiger charge is 2.07. The molecule has 0 atom stereocenters. The van der Waals surface area contributed by atoms with Crippen molar-refractivity contribution in [2.45, 2.75) is 6.92 Å². The Morgan fingerprint density at radius 2 is 1.75 bits per heavy atom. The summed E-state index contributed by atoms with van der Waals surface area (Å²) in [5.41, 5.74) is 8.63. The van der Waals surface area contributed by atoms with Crippen molar-refractivity contribution in [3.8, 4) is 11.1 Å². The van der Waals surface area contributed by atoms with E-state index in [0.29, 0.717) is 16.3 Å². The first-order chi connectivity index (χ1) is 7.58. The molecule has 2 rings (SSSR count). The van der Waals surface area contributed by atoms with Crippen LogP contribution in [0.15, 0.2) is 36.4 Å². The van der Waals surface area contributed by atoms with Crippen LogP contribution < -0.4 is 5.73 Å².